The topological polar surface area (TPSA) is 128 Å². The molecule has 4 N–H and O–H groups in total. The number of carbonyl (C=O) groups excluding carboxylic acids is 3. The average Bonchev–Trinajstić information content (AvgIpc) is 3.34. The monoisotopic (exact) mass is 469 g/mol. The fraction of sp³-hybridized carbons (Fsp3) is 0.0769. The number of methoxy groups -OCH3 is 1. The lowest BCUT2D eigenvalue weighted by Crippen LogP contribution is -2.33. The van der Waals surface area contributed by atoms with E-state index in [1.807, 2.05) is 54.6 Å². The Balaban J connectivity index is 1.62. The largest absolute Gasteiger partial charge is 0.497 e. The minimum Gasteiger partial charge on any atom is -0.497 e. The maximum Gasteiger partial charge on any atom is 0.276 e. The number of rotatable bonds is 8. The molecular formula is C26H23N5O4. The van der Waals surface area contributed by atoms with Crippen molar-refractivity contribution >= 4 is 23.4 Å². The van der Waals surface area contributed by atoms with Crippen LogP contribution in [0.25, 0.3) is 16.9 Å². The van der Waals surface area contributed by atoms with Gasteiger partial charge in [-0.3, -0.25) is 14.4 Å². The van der Waals surface area contributed by atoms with Crippen LogP contribution in [-0.4, -0.2) is 41.2 Å². The zero-order valence-electron chi connectivity index (χ0n) is 18.9. The van der Waals surface area contributed by atoms with Gasteiger partial charge >= 0.3 is 0 Å². The summed E-state index contributed by atoms with van der Waals surface area (Å²) in [6.45, 7) is -0.277. The maximum atomic E-state index is 13.1. The lowest BCUT2D eigenvalue weighted by molar-refractivity contribution is -0.117. The molecule has 0 radical (unpaired) electrons. The number of hydrogen-bond acceptors (Lipinski definition) is 5. The fourth-order valence-electron chi connectivity index (χ4n) is 3.43. The minimum absolute atomic E-state index is 0.197. The third kappa shape index (κ3) is 5.53. The van der Waals surface area contributed by atoms with Crippen LogP contribution in [0.1, 0.15) is 20.8 Å². The summed E-state index contributed by atoms with van der Waals surface area (Å²) in [5, 5.41) is 9.73. The summed E-state index contributed by atoms with van der Waals surface area (Å²) in [6.07, 6.45) is 0. The molecule has 176 valence electrons. The van der Waals surface area contributed by atoms with Crippen LogP contribution in [0.15, 0.2) is 84.9 Å². The molecule has 9 heteroatoms. The maximum absolute atomic E-state index is 13.1. The molecule has 4 rings (SSSR count). The predicted molar refractivity (Wildman–Crippen MR) is 131 cm³/mol. The Labute approximate surface area is 201 Å². The van der Waals surface area contributed by atoms with Crippen LogP contribution in [0.2, 0.25) is 0 Å². The van der Waals surface area contributed by atoms with Gasteiger partial charge in [0.15, 0.2) is 5.69 Å². The lowest BCUT2D eigenvalue weighted by atomic mass is 10.1. The van der Waals surface area contributed by atoms with E-state index in [9.17, 15) is 14.4 Å². The number of hydrogen-bond donors (Lipinski definition) is 3. The van der Waals surface area contributed by atoms with E-state index in [2.05, 4.69) is 15.7 Å². The van der Waals surface area contributed by atoms with Gasteiger partial charge in [-0.2, -0.15) is 5.10 Å². The van der Waals surface area contributed by atoms with Crippen molar-refractivity contribution in [3.63, 3.8) is 0 Å². The van der Waals surface area contributed by atoms with Crippen molar-refractivity contribution in [3.8, 4) is 22.7 Å². The molecule has 0 unspecified atom stereocenters. The molecule has 3 amide bonds. The van der Waals surface area contributed by atoms with E-state index in [0.29, 0.717) is 5.69 Å². The standard InChI is InChI=1S/C26H23N5O4/c1-35-21-12-10-17(11-13-21)23-15-22(30-31(23)20-8-3-2-4-9-20)26(34)29-19-7-5-6-18(14-19)25(33)28-16-24(27)32/h2-15H,16H2,1H3,(H2,27,32)(H,28,33)(H,29,34). The number of anilines is 1. The first kappa shape index (κ1) is 23.2. The molecule has 35 heavy (non-hydrogen) atoms. The number of para-hydroxylation sites is 1. The Morgan fingerprint density at radius 3 is 2.34 bits per heavy atom. The number of carbonyl (C=O) groups is 3. The molecule has 0 aliphatic rings. The number of ether oxygens (including phenoxy) is 1. The molecule has 0 aliphatic carbocycles. The van der Waals surface area contributed by atoms with Gasteiger partial charge in [0.2, 0.25) is 5.91 Å². The van der Waals surface area contributed by atoms with Crippen molar-refractivity contribution < 1.29 is 19.1 Å². The van der Waals surface area contributed by atoms with E-state index in [-0.39, 0.29) is 17.8 Å². The zero-order chi connectivity index (χ0) is 24.8. The highest BCUT2D eigenvalue weighted by Gasteiger charge is 2.18. The van der Waals surface area contributed by atoms with E-state index >= 15 is 0 Å². The third-order valence-corrected chi connectivity index (χ3v) is 5.13. The van der Waals surface area contributed by atoms with Gasteiger partial charge in [0.25, 0.3) is 11.8 Å². The van der Waals surface area contributed by atoms with Crippen LogP contribution in [0.3, 0.4) is 0 Å². The predicted octanol–water partition coefficient (Wildman–Crippen LogP) is 3.02. The van der Waals surface area contributed by atoms with Gasteiger partial charge in [-0.15, -0.1) is 0 Å². The number of primary amides is 1. The van der Waals surface area contributed by atoms with Crippen LogP contribution in [-0.2, 0) is 4.79 Å². The molecule has 4 aromatic rings. The number of benzene rings is 3. The van der Waals surface area contributed by atoms with Crippen LogP contribution in [0.4, 0.5) is 5.69 Å². The zero-order valence-corrected chi connectivity index (χ0v) is 18.9. The van der Waals surface area contributed by atoms with Gasteiger partial charge in [0, 0.05) is 16.8 Å². The van der Waals surface area contributed by atoms with Gasteiger partial charge in [-0.05, 0) is 60.7 Å². The number of amides is 3. The van der Waals surface area contributed by atoms with Gasteiger partial charge in [0.05, 0.1) is 25.0 Å². The summed E-state index contributed by atoms with van der Waals surface area (Å²) in [4.78, 5) is 36.2. The second-order valence-corrected chi connectivity index (χ2v) is 7.57. The third-order valence-electron chi connectivity index (χ3n) is 5.13. The Morgan fingerprint density at radius 2 is 1.66 bits per heavy atom. The highest BCUT2D eigenvalue weighted by molar-refractivity contribution is 6.04. The van der Waals surface area contributed by atoms with Gasteiger partial charge in [-0.25, -0.2) is 4.68 Å². The van der Waals surface area contributed by atoms with Gasteiger partial charge in [-0.1, -0.05) is 24.3 Å². The molecule has 0 fully saturated rings. The quantitative estimate of drug-likeness (QED) is 0.365. The van der Waals surface area contributed by atoms with Crippen molar-refractivity contribution in [3.05, 3.63) is 96.2 Å². The van der Waals surface area contributed by atoms with Crippen molar-refractivity contribution in [2.75, 3.05) is 19.0 Å². The molecule has 0 saturated heterocycles. The van der Waals surface area contributed by atoms with Crippen molar-refractivity contribution in [2.45, 2.75) is 0 Å². The normalized spacial score (nSPS) is 10.4. The first-order valence-corrected chi connectivity index (χ1v) is 10.7. The Morgan fingerprint density at radius 1 is 0.914 bits per heavy atom. The van der Waals surface area contributed by atoms with E-state index < -0.39 is 17.7 Å². The van der Waals surface area contributed by atoms with Crippen LogP contribution >= 0.6 is 0 Å². The fourth-order valence-corrected chi connectivity index (χ4v) is 3.43. The molecule has 0 spiro atoms. The number of nitrogens with one attached hydrogen (secondary N) is 2. The molecule has 3 aromatic carbocycles. The van der Waals surface area contributed by atoms with Crippen molar-refractivity contribution in [2.24, 2.45) is 5.73 Å². The molecule has 0 bridgehead atoms. The molecule has 1 aromatic heterocycles. The molecule has 0 saturated carbocycles. The van der Waals surface area contributed by atoms with E-state index in [1.54, 1.807) is 36.1 Å². The van der Waals surface area contributed by atoms with Crippen LogP contribution in [0, 0.1) is 0 Å². The van der Waals surface area contributed by atoms with Crippen molar-refractivity contribution in [1.29, 1.82) is 0 Å². The summed E-state index contributed by atoms with van der Waals surface area (Å²) in [6, 6.07) is 25.0. The lowest BCUT2D eigenvalue weighted by Gasteiger charge is -2.08. The van der Waals surface area contributed by atoms with Crippen LogP contribution in [0.5, 0.6) is 5.75 Å². The summed E-state index contributed by atoms with van der Waals surface area (Å²) in [7, 11) is 1.60. The number of nitrogens with zero attached hydrogens (tertiary/aromatic N) is 2. The molecule has 9 nitrogen and oxygen atoms in total. The highest BCUT2D eigenvalue weighted by atomic mass is 16.5. The molecular weight excluding hydrogens is 446 g/mol. The van der Waals surface area contributed by atoms with Gasteiger partial charge < -0.3 is 21.1 Å². The SMILES string of the molecule is COc1ccc(-c2cc(C(=O)Nc3cccc(C(=O)NCC(N)=O)c3)nn2-c2ccccc2)cc1. The number of nitrogens with two attached hydrogens (primary N) is 1. The second-order valence-electron chi connectivity index (χ2n) is 7.57. The molecule has 1 heterocycles. The van der Waals surface area contributed by atoms with Gasteiger partial charge in [0.1, 0.15) is 5.75 Å². The Kier molecular flexibility index (Phi) is 6.87. The second kappa shape index (κ2) is 10.3. The van der Waals surface area contributed by atoms with E-state index in [1.165, 1.54) is 6.07 Å². The highest BCUT2D eigenvalue weighted by Crippen LogP contribution is 2.26. The summed E-state index contributed by atoms with van der Waals surface area (Å²) >= 11 is 0. The average molecular weight is 470 g/mol. The first-order chi connectivity index (χ1) is 16.9. The van der Waals surface area contributed by atoms with Crippen LogP contribution < -0.4 is 21.1 Å². The van der Waals surface area contributed by atoms with E-state index in [0.717, 1.165) is 22.7 Å². The Bertz CT molecular complexity index is 1360. The summed E-state index contributed by atoms with van der Waals surface area (Å²) < 4.78 is 6.94. The number of aromatic nitrogens is 2. The smallest absolute Gasteiger partial charge is 0.276 e. The summed E-state index contributed by atoms with van der Waals surface area (Å²) in [5.74, 6) is -0.846. The summed E-state index contributed by atoms with van der Waals surface area (Å²) in [5.41, 5.74) is 8.32. The Hall–Kier alpha value is -4.92. The minimum atomic E-state index is -0.649. The molecule has 0 aliphatic heterocycles. The van der Waals surface area contributed by atoms with Crippen molar-refractivity contribution in [1.82, 2.24) is 15.1 Å². The first-order valence-electron chi connectivity index (χ1n) is 10.7. The molecule has 0 atom stereocenters. The van der Waals surface area contributed by atoms with E-state index in [4.69, 9.17) is 10.5 Å².